The van der Waals surface area contributed by atoms with E-state index in [-0.39, 0.29) is 18.1 Å². The molecule has 22 heavy (non-hydrogen) atoms. The molecule has 0 unspecified atom stereocenters. The van der Waals surface area contributed by atoms with E-state index in [4.69, 9.17) is 4.74 Å². The third-order valence-electron chi connectivity index (χ3n) is 4.53. The maximum Gasteiger partial charge on any atom is 0.255 e. The van der Waals surface area contributed by atoms with E-state index >= 15 is 0 Å². The molecule has 1 saturated carbocycles. The highest BCUT2D eigenvalue weighted by Crippen LogP contribution is 2.22. The Morgan fingerprint density at radius 1 is 1.45 bits per heavy atom. The van der Waals surface area contributed by atoms with Gasteiger partial charge in [0.1, 0.15) is 0 Å². The van der Waals surface area contributed by atoms with Crippen LogP contribution in [-0.4, -0.2) is 34.4 Å². The van der Waals surface area contributed by atoms with Crippen LogP contribution in [0.15, 0.2) is 6.20 Å². The van der Waals surface area contributed by atoms with Crippen LogP contribution in [0, 0.1) is 12.8 Å². The Morgan fingerprint density at radius 2 is 2.18 bits per heavy atom. The van der Waals surface area contributed by atoms with Crippen molar-refractivity contribution >= 4 is 5.91 Å². The van der Waals surface area contributed by atoms with E-state index in [0.717, 1.165) is 38.0 Å². The van der Waals surface area contributed by atoms with E-state index in [0.29, 0.717) is 11.5 Å². The minimum atomic E-state index is -0.0324. The highest BCUT2D eigenvalue weighted by Gasteiger charge is 2.28. The summed E-state index contributed by atoms with van der Waals surface area (Å²) in [5.41, 5.74) is 1.56. The van der Waals surface area contributed by atoms with Gasteiger partial charge >= 0.3 is 0 Å². The monoisotopic (exact) mass is 307 g/mol. The lowest BCUT2D eigenvalue weighted by molar-refractivity contribution is 0.00121. The molecule has 0 spiro atoms. The minimum absolute atomic E-state index is 0.0324. The van der Waals surface area contributed by atoms with E-state index in [1.54, 1.807) is 10.9 Å². The summed E-state index contributed by atoms with van der Waals surface area (Å²) in [6.45, 7) is 7.10. The fraction of sp³-hybridized carbons (Fsp3) is 0.765. The molecule has 1 heterocycles. The predicted molar refractivity (Wildman–Crippen MR) is 86.9 cm³/mol. The maximum atomic E-state index is 12.5. The van der Waals surface area contributed by atoms with Gasteiger partial charge in [0.05, 0.1) is 23.9 Å². The molecule has 1 amide bonds. The first-order valence-electron chi connectivity index (χ1n) is 8.40. The summed E-state index contributed by atoms with van der Waals surface area (Å²) in [5.74, 6) is 0.615. The zero-order chi connectivity index (χ0) is 16.1. The van der Waals surface area contributed by atoms with Gasteiger partial charge < -0.3 is 10.1 Å². The van der Waals surface area contributed by atoms with Gasteiger partial charge in [0.25, 0.3) is 5.91 Å². The number of hydrogen-bond acceptors (Lipinski definition) is 3. The lowest BCUT2D eigenvalue weighted by Gasteiger charge is -2.32. The number of nitrogens with zero attached hydrogens (tertiary/aromatic N) is 2. The Morgan fingerprint density at radius 3 is 2.82 bits per heavy atom. The molecule has 0 radical (unpaired) electrons. The normalized spacial score (nSPS) is 22.0. The summed E-state index contributed by atoms with van der Waals surface area (Å²) in [6, 6.07) is 0.119. The van der Waals surface area contributed by atoms with Crippen LogP contribution in [0.2, 0.25) is 0 Å². The molecule has 2 atom stereocenters. The van der Waals surface area contributed by atoms with Crippen molar-refractivity contribution < 1.29 is 9.53 Å². The number of aryl methyl sites for hydroxylation is 1. The zero-order valence-corrected chi connectivity index (χ0v) is 14.3. The number of nitrogens with one attached hydrogen (secondary N) is 1. The number of carbonyl (C=O) groups excluding carboxylic acids is 1. The molecule has 0 saturated heterocycles. The highest BCUT2D eigenvalue weighted by atomic mass is 16.5. The number of rotatable bonds is 6. The summed E-state index contributed by atoms with van der Waals surface area (Å²) in [6.07, 6.45) is 7.23. The first-order chi connectivity index (χ1) is 10.5. The molecule has 1 fully saturated rings. The summed E-state index contributed by atoms with van der Waals surface area (Å²) >= 11 is 0. The molecule has 1 aliphatic rings. The van der Waals surface area contributed by atoms with E-state index in [1.807, 2.05) is 14.0 Å². The predicted octanol–water partition coefficient (Wildman–Crippen LogP) is 2.83. The Labute approximate surface area is 133 Å². The van der Waals surface area contributed by atoms with Crippen LogP contribution in [-0.2, 0) is 11.8 Å². The molecule has 0 aliphatic heterocycles. The topological polar surface area (TPSA) is 56.1 Å². The maximum absolute atomic E-state index is 12.5. The van der Waals surface area contributed by atoms with E-state index in [1.165, 1.54) is 6.42 Å². The van der Waals surface area contributed by atoms with Crippen molar-refractivity contribution in [3.63, 3.8) is 0 Å². The summed E-state index contributed by atoms with van der Waals surface area (Å²) < 4.78 is 7.77. The second kappa shape index (κ2) is 7.77. The van der Waals surface area contributed by atoms with Crippen molar-refractivity contribution in [2.24, 2.45) is 13.0 Å². The number of aromatic nitrogens is 2. The number of amides is 1. The van der Waals surface area contributed by atoms with Gasteiger partial charge in [-0.15, -0.1) is 0 Å². The van der Waals surface area contributed by atoms with Crippen molar-refractivity contribution in [2.45, 2.75) is 65.0 Å². The van der Waals surface area contributed by atoms with Crippen LogP contribution >= 0.6 is 0 Å². The third kappa shape index (κ3) is 4.32. The Kier molecular flexibility index (Phi) is 6.00. The SMILES string of the molecule is Cc1c(C(=O)N[C@H]2CCCC[C@@H]2OCCC(C)C)cnn1C. The molecule has 1 aromatic heterocycles. The Bertz CT molecular complexity index is 496. The van der Waals surface area contributed by atoms with Gasteiger partial charge in [-0.3, -0.25) is 9.48 Å². The van der Waals surface area contributed by atoms with Crippen molar-refractivity contribution in [3.05, 3.63) is 17.5 Å². The molecule has 0 aromatic carbocycles. The Hall–Kier alpha value is -1.36. The molecular weight excluding hydrogens is 278 g/mol. The summed E-state index contributed by atoms with van der Waals surface area (Å²) in [4.78, 5) is 12.5. The van der Waals surface area contributed by atoms with Gasteiger partial charge in [0, 0.05) is 19.3 Å². The lowest BCUT2D eigenvalue weighted by Crippen LogP contribution is -2.46. The molecule has 5 heteroatoms. The quantitative estimate of drug-likeness (QED) is 0.879. The fourth-order valence-electron chi connectivity index (χ4n) is 2.88. The van der Waals surface area contributed by atoms with Crippen molar-refractivity contribution in [1.82, 2.24) is 15.1 Å². The zero-order valence-electron chi connectivity index (χ0n) is 14.3. The average molecular weight is 307 g/mol. The van der Waals surface area contributed by atoms with Gasteiger partial charge in [0.2, 0.25) is 0 Å². The number of hydrogen-bond donors (Lipinski definition) is 1. The van der Waals surface area contributed by atoms with Crippen LogP contribution in [0.4, 0.5) is 0 Å². The van der Waals surface area contributed by atoms with Crippen molar-refractivity contribution in [1.29, 1.82) is 0 Å². The average Bonchev–Trinajstić information content (AvgIpc) is 2.80. The number of ether oxygens (including phenoxy) is 1. The van der Waals surface area contributed by atoms with Crippen LogP contribution in [0.5, 0.6) is 0 Å². The molecule has 5 nitrogen and oxygen atoms in total. The van der Waals surface area contributed by atoms with Gasteiger partial charge in [-0.05, 0) is 32.1 Å². The van der Waals surface area contributed by atoms with Crippen molar-refractivity contribution in [2.75, 3.05) is 6.61 Å². The largest absolute Gasteiger partial charge is 0.376 e. The molecule has 0 bridgehead atoms. The summed E-state index contributed by atoms with van der Waals surface area (Å²) in [5, 5.41) is 7.30. The molecule has 2 rings (SSSR count). The van der Waals surface area contributed by atoms with Gasteiger partial charge in [-0.25, -0.2) is 0 Å². The highest BCUT2D eigenvalue weighted by molar-refractivity contribution is 5.95. The molecule has 124 valence electrons. The van der Waals surface area contributed by atoms with Gasteiger partial charge in [-0.1, -0.05) is 26.7 Å². The molecule has 1 aliphatic carbocycles. The van der Waals surface area contributed by atoms with Crippen LogP contribution in [0.1, 0.15) is 62.0 Å². The lowest BCUT2D eigenvalue weighted by atomic mass is 9.92. The second-order valence-corrected chi connectivity index (χ2v) is 6.72. The summed E-state index contributed by atoms with van der Waals surface area (Å²) in [7, 11) is 1.85. The van der Waals surface area contributed by atoms with Crippen LogP contribution in [0.3, 0.4) is 0 Å². The fourth-order valence-corrected chi connectivity index (χ4v) is 2.88. The minimum Gasteiger partial charge on any atom is -0.376 e. The standard InChI is InChI=1S/C17H29N3O2/c1-12(2)9-10-22-16-8-6-5-7-15(16)19-17(21)14-11-18-20(4)13(14)3/h11-12,15-16H,5-10H2,1-4H3,(H,19,21)/t15-,16-/m0/s1. The van der Waals surface area contributed by atoms with Crippen molar-refractivity contribution in [3.8, 4) is 0 Å². The number of carbonyl (C=O) groups is 1. The van der Waals surface area contributed by atoms with E-state index in [2.05, 4.69) is 24.3 Å². The Balaban J connectivity index is 1.93. The first kappa shape index (κ1) is 17.0. The van der Waals surface area contributed by atoms with E-state index < -0.39 is 0 Å². The van der Waals surface area contributed by atoms with Crippen LogP contribution < -0.4 is 5.32 Å². The van der Waals surface area contributed by atoms with Gasteiger partial charge in [0.15, 0.2) is 0 Å². The molecule has 1 N–H and O–H groups in total. The molecule has 1 aromatic rings. The third-order valence-corrected chi connectivity index (χ3v) is 4.53. The first-order valence-corrected chi connectivity index (χ1v) is 8.40. The smallest absolute Gasteiger partial charge is 0.255 e. The molecular formula is C17H29N3O2. The van der Waals surface area contributed by atoms with Crippen LogP contribution in [0.25, 0.3) is 0 Å². The van der Waals surface area contributed by atoms with E-state index in [9.17, 15) is 4.79 Å². The van der Waals surface area contributed by atoms with Gasteiger partial charge in [-0.2, -0.15) is 5.10 Å². The second-order valence-electron chi connectivity index (χ2n) is 6.72.